The van der Waals surface area contributed by atoms with Crippen molar-refractivity contribution in [1.82, 2.24) is 20.2 Å². The number of carbonyl (C=O) groups excluding carboxylic acids is 2. The Hall–Kier alpha value is -1.14. The van der Waals surface area contributed by atoms with E-state index < -0.39 is 5.41 Å². The van der Waals surface area contributed by atoms with Gasteiger partial charge >= 0.3 is 0 Å². The fourth-order valence-electron chi connectivity index (χ4n) is 3.90. The second kappa shape index (κ2) is 5.00. The zero-order chi connectivity index (χ0) is 14.3. The fourth-order valence-corrected chi connectivity index (χ4v) is 3.90. The molecular formula is C14H24N4O2. The lowest BCUT2D eigenvalue weighted by Gasteiger charge is -2.42. The Kier molecular flexibility index (Phi) is 3.46. The molecule has 0 aromatic rings. The Morgan fingerprint density at radius 3 is 2.30 bits per heavy atom. The minimum Gasteiger partial charge on any atom is -0.317 e. The topological polar surface area (TPSA) is 55.9 Å². The van der Waals surface area contributed by atoms with E-state index in [4.69, 9.17) is 0 Å². The molecule has 0 aliphatic carbocycles. The van der Waals surface area contributed by atoms with Crippen LogP contribution in [0.4, 0.5) is 0 Å². The van der Waals surface area contributed by atoms with E-state index in [2.05, 4.69) is 10.2 Å². The first-order chi connectivity index (χ1) is 9.56. The molecule has 3 fully saturated rings. The normalized spacial score (nSPS) is 28.7. The smallest absolute Gasteiger partial charge is 0.257 e. The summed E-state index contributed by atoms with van der Waals surface area (Å²) in [5, 5.41) is 6.33. The number of hydrogen-bond donors (Lipinski definition) is 1. The van der Waals surface area contributed by atoms with Gasteiger partial charge in [-0.25, -0.2) is 0 Å². The average Bonchev–Trinajstić information content (AvgIpc) is 2.65. The van der Waals surface area contributed by atoms with E-state index in [0.717, 1.165) is 38.9 Å². The number of likely N-dealkylation sites (tertiary alicyclic amines) is 1. The number of hydrazine groups is 1. The summed E-state index contributed by atoms with van der Waals surface area (Å²) < 4.78 is 0. The van der Waals surface area contributed by atoms with Crippen molar-refractivity contribution in [2.45, 2.75) is 31.7 Å². The van der Waals surface area contributed by atoms with Gasteiger partial charge in [0.15, 0.2) is 0 Å². The van der Waals surface area contributed by atoms with Crippen molar-refractivity contribution in [1.29, 1.82) is 0 Å². The molecule has 0 aromatic heterocycles. The van der Waals surface area contributed by atoms with E-state index in [1.165, 1.54) is 10.0 Å². The summed E-state index contributed by atoms with van der Waals surface area (Å²) in [6.07, 6.45) is 3.86. The molecule has 6 nitrogen and oxygen atoms in total. The molecule has 0 atom stereocenters. The molecule has 20 heavy (non-hydrogen) atoms. The van der Waals surface area contributed by atoms with Crippen LogP contribution in [0, 0.1) is 5.41 Å². The number of hydrogen-bond acceptors (Lipinski definition) is 4. The van der Waals surface area contributed by atoms with Gasteiger partial charge in [-0.1, -0.05) is 0 Å². The summed E-state index contributed by atoms with van der Waals surface area (Å²) in [7, 11) is 3.39. The van der Waals surface area contributed by atoms with E-state index in [1.807, 2.05) is 0 Å². The Morgan fingerprint density at radius 2 is 1.70 bits per heavy atom. The van der Waals surface area contributed by atoms with Gasteiger partial charge in [0.1, 0.15) is 5.41 Å². The van der Waals surface area contributed by atoms with E-state index in [1.54, 1.807) is 14.1 Å². The summed E-state index contributed by atoms with van der Waals surface area (Å²) in [4.78, 5) is 27.5. The van der Waals surface area contributed by atoms with E-state index in [-0.39, 0.29) is 11.8 Å². The Morgan fingerprint density at radius 1 is 1.10 bits per heavy atom. The first-order valence-electron chi connectivity index (χ1n) is 7.57. The van der Waals surface area contributed by atoms with Crippen molar-refractivity contribution in [2.24, 2.45) is 5.41 Å². The van der Waals surface area contributed by atoms with Crippen LogP contribution < -0.4 is 5.32 Å². The molecule has 3 heterocycles. The highest BCUT2D eigenvalue weighted by atomic mass is 16.2. The van der Waals surface area contributed by atoms with Crippen molar-refractivity contribution in [3.05, 3.63) is 0 Å². The van der Waals surface area contributed by atoms with Crippen molar-refractivity contribution >= 4 is 11.8 Å². The van der Waals surface area contributed by atoms with Gasteiger partial charge in [0.2, 0.25) is 0 Å². The third kappa shape index (κ3) is 1.93. The van der Waals surface area contributed by atoms with Crippen LogP contribution in [-0.4, -0.2) is 73.0 Å². The lowest BCUT2D eigenvalue weighted by Crippen LogP contribution is -2.55. The van der Waals surface area contributed by atoms with Gasteiger partial charge in [0, 0.05) is 26.7 Å². The Labute approximate surface area is 120 Å². The van der Waals surface area contributed by atoms with Gasteiger partial charge in [-0.15, -0.1) is 0 Å². The number of amides is 2. The predicted octanol–water partition coefficient (Wildman–Crippen LogP) is -0.334. The van der Waals surface area contributed by atoms with Crippen molar-refractivity contribution < 1.29 is 9.59 Å². The molecule has 0 unspecified atom stereocenters. The highest BCUT2D eigenvalue weighted by Gasteiger charge is 2.58. The second-order valence-corrected chi connectivity index (χ2v) is 6.29. The fraction of sp³-hybridized carbons (Fsp3) is 0.857. The molecule has 6 heteroatoms. The molecule has 2 amide bonds. The van der Waals surface area contributed by atoms with Crippen LogP contribution in [0.1, 0.15) is 25.7 Å². The molecule has 3 saturated heterocycles. The standard InChI is InChI=1S/C14H24N4O2/c1-16-12(19)14(13(20)17(16)2)6-3-9-18(10-14)11-4-7-15-8-5-11/h11,15H,3-10H2,1-2H3. The minimum absolute atomic E-state index is 0.0244. The number of rotatable bonds is 1. The zero-order valence-corrected chi connectivity index (χ0v) is 12.4. The summed E-state index contributed by atoms with van der Waals surface area (Å²) in [5.74, 6) is -0.0488. The first kappa shape index (κ1) is 13.8. The molecule has 3 rings (SSSR count). The Bertz CT molecular complexity index is 399. The van der Waals surface area contributed by atoms with Crippen molar-refractivity contribution in [2.75, 3.05) is 40.3 Å². The van der Waals surface area contributed by atoms with Gasteiger partial charge in [0.25, 0.3) is 11.8 Å². The van der Waals surface area contributed by atoms with Crippen LogP contribution in [0.3, 0.4) is 0 Å². The quantitative estimate of drug-likeness (QED) is 0.668. The van der Waals surface area contributed by atoms with Crippen LogP contribution in [-0.2, 0) is 9.59 Å². The van der Waals surface area contributed by atoms with Crippen LogP contribution in [0.25, 0.3) is 0 Å². The maximum absolute atomic E-state index is 12.6. The third-order valence-corrected chi connectivity index (χ3v) is 5.20. The van der Waals surface area contributed by atoms with Gasteiger partial charge < -0.3 is 5.32 Å². The highest BCUT2D eigenvalue weighted by molar-refractivity contribution is 6.09. The highest BCUT2D eigenvalue weighted by Crippen LogP contribution is 2.39. The molecule has 0 saturated carbocycles. The summed E-state index contributed by atoms with van der Waals surface area (Å²) in [5.41, 5.74) is -0.813. The molecule has 0 aromatic carbocycles. The predicted molar refractivity (Wildman–Crippen MR) is 74.7 cm³/mol. The summed E-state index contributed by atoms with van der Waals surface area (Å²) in [6, 6.07) is 0.519. The van der Waals surface area contributed by atoms with E-state index in [0.29, 0.717) is 19.0 Å². The zero-order valence-electron chi connectivity index (χ0n) is 12.4. The molecule has 0 radical (unpaired) electrons. The molecule has 0 bridgehead atoms. The maximum Gasteiger partial charge on any atom is 0.257 e. The van der Waals surface area contributed by atoms with Gasteiger partial charge in [-0.05, 0) is 45.3 Å². The minimum atomic E-state index is -0.813. The van der Waals surface area contributed by atoms with Crippen LogP contribution in [0.2, 0.25) is 0 Å². The summed E-state index contributed by atoms with van der Waals surface area (Å²) >= 11 is 0. The van der Waals surface area contributed by atoms with E-state index in [9.17, 15) is 9.59 Å². The van der Waals surface area contributed by atoms with Gasteiger partial charge in [-0.3, -0.25) is 24.5 Å². The summed E-state index contributed by atoms with van der Waals surface area (Å²) in [6.45, 7) is 3.69. The second-order valence-electron chi connectivity index (χ2n) is 6.29. The molecular weight excluding hydrogens is 256 g/mol. The largest absolute Gasteiger partial charge is 0.317 e. The van der Waals surface area contributed by atoms with Crippen LogP contribution in [0.15, 0.2) is 0 Å². The van der Waals surface area contributed by atoms with Crippen molar-refractivity contribution in [3.8, 4) is 0 Å². The van der Waals surface area contributed by atoms with E-state index >= 15 is 0 Å². The molecule has 1 spiro atoms. The first-order valence-corrected chi connectivity index (χ1v) is 7.57. The van der Waals surface area contributed by atoms with Crippen LogP contribution in [0.5, 0.6) is 0 Å². The molecule has 112 valence electrons. The molecule has 3 aliphatic heterocycles. The van der Waals surface area contributed by atoms with Crippen LogP contribution >= 0.6 is 0 Å². The number of piperidine rings is 2. The number of carbonyl (C=O) groups is 2. The number of nitrogens with zero attached hydrogens (tertiary/aromatic N) is 3. The monoisotopic (exact) mass is 280 g/mol. The SMILES string of the molecule is CN1C(=O)C2(CCCN(C3CCNCC3)C2)C(=O)N1C. The Balaban J connectivity index is 1.80. The average molecular weight is 280 g/mol. The van der Waals surface area contributed by atoms with Gasteiger partial charge in [0.05, 0.1) is 0 Å². The van der Waals surface area contributed by atoms with Gasteiger partial charge in [-0.2, -0.15) is 0 Å². The maximum atomic E-state index is 12.6. The molecule has 1 N–H and O–H groups in total. The lowest BCUT2D eigenvalue weighted by atomic mass is 9.78. The number of nitrogens with one attached hydrogen (secondary N) is 1. The third-order valence-electron chi connectivity index (χ3n) is 5.20. The van der Waals surface area contributed by atoms with Crippen molar-refractivity contribution in [3.63, 3.8) is 0 Å². The lowest BCUT2D eigenvalue weighted by molar-refractivity contribution is -0.143. The molecule has 3 aliphatic rings.